The van der Waals surface area contributed by atoms with E-state index in [0.29, 0.717) is 0 Å². The molecule has 0 spiro atoms. The van der Waals surface area contributed by atoms with E-state index in [4.69, 9.17) is 0 Å². The van der Waals surface area contributed by atoms with E-state index in [0.717, 1.165) is 12.8 Å². The lowest BCUT2D eigenvalue weighted by Gasteiger charge is -2.46. The van der Waals surface area contributed by atoms with Crippen LogP contribution in [0.4, 0.5) is 0 Å². The summed E-state index contributed by atoms with van der Waals surface area (Å²) in [5.74, 6) is -0.896. The molecule has 1 amide bonds. The molecule has 0 radical (unpaired) electrons. The van der Waals surface area contributed by atoms with E-state index in [1.807, 2.05) is 0 Å². The van der Waals surface area contributed by atoms with E-state index in [-0.39, 0.29) is 17.1 Å². The molecule has 92 valence electrons. The van der Waals surface area contributed by atoms with Gasteiger partial charge in [0.25, 0.3) is 5.91 Å². The number of carbonyl (C=O) groups is 2. The third kappa shape index (κ3) is 3.59. The molecule has 0 aromatic heterocycles. The van der Waals surface area contributed by atoms with Crippen LogP contribution in [0.1, 0.15) is 47.5 Å². The van der Waals surface area contributed by atoms with Crippen molar-refractivity contribution in [2.75, 3.05) is 0 Å². The number of amides is 1. The van der Waals surface area contributed by atoms with Crippen molar-refractivity contribution in [2.45, 2.75) is 64.6 Å². The van der Waals surface area contributed by atoms with Crippen molar-refractivity contribution in [3.8, 4) is 0 Å². The number of hydrogen-bond donors (Lipinski definition) is 2. The van der Waals surface area contributed by atoms with Crippen molar-refractivity contribution in [2.24, 2.45) is 0 Å². The molecular weight excluding hydrogens is 204 g/mol. The highest BCUT2D eigenvalue weighted by atomic mass is 16.2. The Kier molecular flexibility index (Phi) is 3.43. The predicted molar refractivity (Wildman–Crippen MR) is 63.1 cm³/mol. The molecule has 0 aromatic carbocycles. The molecule has 0 unspecified atom stereocenters. The first kappa shape index (κ1) is 13.2. The molecule has 1 aliphatic heterocycles. The first-order valence-electron chi connectivity index (χ1n) is 5.72. The van der Waals surface area contributed by atoms with E-state index < -0.39 is 11.7 Å². The summed E-state index contributed by atoms with van der Waals surface area (Å²) in [5.41, 5.74) is -0.0348. The van der Waals surface area contributed by atoms with Crippen LogP contribution in [0.15, 0.2) is 0 Å². The first-order chi connectivity index (χ1) is 7.11. The smallest absolute Gasteiger partial charge is 0.287 e. The van der Waals surface area contributed by atoms with Gasteiger partial charge in [0.2, 0.25) is 5.78 Å². The lowest BCUT2D eigenvalue weighted by molar-refractivity contribution is -0.137. The summed E-state index contributed by atoms with van der Waals surface area (Å²) in [5, 5.41) is 6.33. The van der Waals surface area contributed by atoms with E-state index in [2.05, 4.69) is 38.3 Å². The van der Waals surface area contributed by atoms with Crippen LogP contribution in [0.3, 0.4) is 0 Å². The molecule has 16 heavy (non-hydrogen) atoms. The lowest BCUT2D eigenvalue weighted by Crippen LogP contribution is -2.62. The Morgan fingerprint density at radius 3 is 1.94 bits per heavy atom. The van der Waals surface area contributed by atoms with Crippen LogP contribution >= 0.6 is 0 Å². The minimum Gasteiger partial charge on any atom is -0.347 e. The van der Waals surface area contributed by atoms with Crippen molar-refractivity contribution in [1.29, 1.82) is 0 Å². The zero-order valence-electron chi connectivity index (χ0n) is 10.8. The van der Waals surface area contributed by atoms with Crippen LogP contribution in [0.25, 0.3) is 0 Å². The lowest BCUT2D eigenvalue weighted by atomic mass is 9.79. The molecule has 1 aliphatic rings. The van der Waals surface area contributed by atoms with Gasteiger partial charge in [-0.05, 0) is 40.5 Å². The van der Waals surface area contributed by atoms with Gasteiger partial charge >= 0.3 is 0 Å². The summed E-state index contributed by atoms with van der Waals surface area (Å²) in [6, 6.07) is 0.0719. The summed E-state index contributed by atoms with van der Waals surface area (Å²) in [6.07, 6.45) is 1.69. The molecule has 0 atom stereocenters. The molecule has 1 fully saturated rings. The van der Waals surface area contributed by atoms with Crippen molar-refractivity contribution in [3.63, 3.8) is 0 Å². The second kappa shape index (κ2) is 4.17. The van der Waals surface area contributed by atoms with Crippen molar-refractivity contribution >= 4 is 11.7 Å². The van der Waals surface area contributed by atoms with Crippen molar-refractivity contribution in [1.82, 2.24) is 10.6 Å². The Morgan fingerprint density at radius 1 is 1.12 bits per heavy atom. The second-order valence-corrected chi connectivity index (χ2v) is 6.03. The highest BCUT2D eigenvalue weighted by molar-refractivity contribution is 6.35. The molecule has 2 N–H and O–H groups in total. The summed E-state index contributed by atoms with van der Waals surface area (Å²) in [4.78, 5) is 22.3. The summed E-state index contributed by atoms with van der Waals surface area (Å²) in [6.45, 7) is 9.75. The fourth-order valence-electron chi connectivity index (χ4n) is 2.71. The Bertz CT molecular complexity index is 292. The van der Waals surface area contributed by atoms with Crippen LogP contribution < -0.4 is 10.6 Å². The average molecular weight is 226 g/mol. The Balaban J connectivity index is 2.68. The third-order valence-corrected chi connectivity index (χ3v) is 2.85. The molecule has 4 nitrogen and oxygen atoms in total. The maximum absolute atomic E-state index is 11.4. The Hall–Kier alpha value is -0.900. The van der Waals surface area contributed by atoms with Crippen LogP contribution in [-0.2, 0) is 9.59 Å². The SMILES string of the molecule is CC(=O)C(=O)NC1CC(C)(C)NC(C)(C)C1. The van der Waals surface area contributed by atoms with Crippen molar-refractivity contribution in [3.05, 3.63) is 0 Å². The number of piperidine rings is 1. The first-order valence-corrected chi connectivity index (χ1v) is 5.72. The zero-order chi connectivity index (χ0) is 12.6. The molecular formula is C12H22N2O2. The van der Waals surface area contributed by atoms with Gasteiger partial charge in [0.15, 0.2) is 0 Å². The quantitative estimate of drug-likeness (QED) is 0.691. The molecule has 0 aromatic rings. The minimum absolute atomic E-state index is 0.0174. The average Bonchev–Trinajstić information content (AvgIpc) is 1.96. The number of ketones is 1. The van der Waals surface area contributed by atoms with Gasteiger partial charge in [-0.1, -0.05) is 0 Å². The fourth-order valence-corrected chi connectivity index (χ4v) is 2.71. The minimum atomic E-state index is -0.474. The second-order valence-electron chi connectivity index (χ2n) is 6.03. The molecule has 4 heteroatoms. The van der Waals surface area contributed by atoms with Gasteiger partial charge in [0, 0.05) is 24.0 Å². The molecule has 1 rings (SSSR count). The Labute approximate surface area is 97.2 Å². The van der Waals surface area contributed by atoms with Gasteiger partial charge in [0.1, 0.15) is 0 Å². The van der Waals surface area contributed by atoms with E-state index in [1.54, 1.807) is 0 Å². The molecule has 0 saturated carbocycles. The van der Waals surface area contributed by atoms with Crippen molar-refractivity contribution < 1.29 is 9.59 Å². The summed E-state index contributed by atoms with van der Waals surface area (Å²) in [7, 11) is 0. The largest absolute Gasteiger partial charge is 0.347 e. The number of Topliss-reactive ketones (excluding diaryl/α,β-unsaturated/α-hetero) is 1. The standard InChI is InChI=1S/C12H22N2O2/c1-8(15)10(16)13-9-6-11(2,3)14-12(4,5)7-9/h9,14H,6-7H2,1-5H3,(H,13,16). The predicted octanol–water partition coefficient (Wildman–Crippen LogP) is 1.00. The van der Waals surface area contributed by atoms with Gasteiger partial charge in [-0.25, -0.2) is 0 Å². The highest BCUT2D eigenvalue weighted by Gasteiger charge is 2.38. The Morgan fingerprint density at radius 2 is 1.56 bits per heavy atom. The molecule has 1 saturated heterocycles. The maximum atomic E-state index is 11.4. The van der Waals surface area contributed by atoms with E-state index in [1.165, 1.54) is 6.92 Å². The van der Waals surface area contributed by atoms with Gasteiger partial charge in [-0.15, -0.1) is 0 Å². The van der Waals surface area contributed by atoms with Crippen LogP contribution in [0, 0.1) is 0 Å². The monoisotopic (exact) mass is 226 g/mol. The number of rotatable bonds is 2. The normalized spacial score (nSPS) is 23.8. The maximum Gasteiger partial charge on any atom is 0.287 e. The van der Waals surface area contributed by atoms with E-state index >= 15 is 0 Å². The summed E-state index contributed by atoms with van der Waals surface area (Å²) >= 11 is 0. The number of hydrogen-bond acceptors (Lipinski definition) is 3. The van der Waals surface area contributed by atoms with Gasteiger partial charge < -0.3 is 10.6 Å². The highest BCUT2D eigenvalue weighted by Crippen LogP contribution is 2.28. The fraction of sp³-hybridized carbons (Fsp3) is 0.833. The van der Waals surface area contributed by atoms with Gasteiger partial charge in [0.05, 0.1) is 0 Å². The molecule has 1 heterocycles. The van der Waals surface area contributed by atoms with Crippen LogP contribution in [0.5, 0.6) is 0 Å². The molecule has 0 aliphatic carbocycles. The third-order valence-electron chi connectivity index (χ3n) is 2.85. The van der Waals surface area contributed by atoms with Gasteiger partial charge in [-0.2, -0.15) is 0 Å². The van der Waals surface area contributed by atoms with Crippen LogP contribution in [0.2, 0.25) is 0 Å². The number of carbonyl (C=O) groups excluding carboxylic acids is 2. The van der Waals surface area contributed by atoms with E-state index in [9.17, 15) is 9.59 Å². The van der Waals surface area contributed by atoms with Crippen LogP contribution in [-0.4, -0.2) is 28.8 Å². The number of nitrogens with one attached hydrogen (secondary N) is 2. The zero-order valence-corrected chi connectivity index (χ0v) is 10.8. The summed E-state index contributed by atoms with van der Waals surface area (Å²) < 4.78 is 0. The van der Waals surface area contributed by atoms with Gasteiger partial charge in [-0.3, -0.25) is 9.59 Å². The topological polar surface area (TPSA) is 58.2 Å². The molecule has 0 bridgehead atoms.